The van der Waals surface area contributed by atoms with Gasteiger partial charge in [-0.05, 0) is 12.1 Å². The Balaban J connectivity index is 1.55. The summed E-state index contributed by atoms with van der Waals surface area (Å²) in [6, 6.07) is 3.14. The third kappa shape index (κ3) is 2.65. The van der Waals surface area contributed by atoms with Gasteiger partial charge in [-0.25, -0.2) is 0 Å². The molecule has 1 aromatic heterocycles. The normalized spacial score (nSPS) is 22.9. The van der Waals surface area contributed by atoms with Crippen molar-refractivity contribution in [3.63, 3.8) is 0 Å². The third-order valence-corrected chi connectivity index (χ3v) is 3.82. The number of hydrogen-bond donors (Lipinski definition) is 1. The molecule has 0 saturated carbocycles. The van der Waals surface area contributed by atoms with Crippen molar-refractivity contribution in [1.82, 2.24) is 0 Å². The van der Waals surface area contributed by atoms with E-state index in [1.54, 1.807) is 6.07 Å². The van der Waals surface area contributed by atoms with Crippen LogP contribution in [0.4, 0.5) is 0 Å². The van der Waals surface area contributed by atoms with Crippen LogP contribution >= 0.6 is 0 Å². The second-order valence-corrected chi connectivity index (χ2v) is 5.09. The Morgan fingerprint density at radius 3 is 2.53 bits per heavy atom. The summed E-state index contributed by atoms with van der Waals surface area (Å²) >= 11 is 0. The lowest BCUT2D eigenvalue weighted by atomic mass is 10.0. The number of carbonyl (C=O) groups excluding carboxylic acids is 1. The van der Waals surface area contributed by atoms with Crippen LogP contribution in [0.3, 0.4) is 0 Å². The number of ether oxygens (including phenoxy) is 2. The number of carbonyl (C=O) groups is 1. The molecule has 0 unspecified atom stereocenters. The molecule has 6 nitrogen and oxygen atoms in total. The summed E-state index contributed by atoms with van der Waals surface area (Å²) in [7, 11) is 0. The number of likely N-dealkylation sites (tertiary alicyclic amines) is 1. The molecule has 2 fully saturated rings. The molecule has 0 radical (unpaired) electrons. The van der Waals surface area contributed by atoms with E-state index in [9.17, 15) is 9.90 Å². The van der Waals surface area contributed by atoms with Gasteiger partial charge in [-0.1, -0.05) is 0 Å². The van der Waals surface area contributed by atoms with Gasteiger partial charge in [0, 0.05) is 0 Å². The molecule has 0 aliphatic carbocycles. The van der Waals surface area contributed by atoms with Gasteiger partial charge >= 0.3 is 0 Å². The van der Waals surface area contributed by atoms with Crippen LogP contribution in [0.1, 0.15) is 29.2 Å². The van der Waals surface area contributed by atoms with E-state index in [-0.39, 0.29) is 11.5 Å². The van der Waals surface area contributed by atoms with E-state index < -0.39 is 5.97 Å². The fourth-order valence-electron chi connectivity index (χ4n) is 2.78. The SMILES string of the molecule is O=C([O-])c1ccc(C[NH+]2CCC3(CC2)OCCO3)o1. The number of piperidine rings is 1. The van der Waals surface area contributed by atoms with Gasteiger partial charge < -0.3 is 28.7 Å². The second-order valence-electron chi connectivity index (χ2n) is 5.09. The molecule has 0 atom stereocenters. The summed E-state index contributed by atoms with van der Waals surface area (Å²) < 4.78 is 16.6. The van der Waals surface area contributed by atoms with E-state index in [0.717, 1.165) is 25.9 Å². The quantitative estimate of drug-likeness (QED) is 0.726. The molecule has 6 heteroatoms. The number of carboxylic acid groups (broad SMARTS) is 1. The smallest absolute Gasteiger partial charge is 0.179 e. The zero-order valence-corrected chi connectivity index (χ0v) is 10.6. The molecule has 3 heterocycles. The molecule has 1 spiro atoms. The molecule has 0 bridgehead atoms. The Kier molecular flexibility index (Phi) is 3.30. The number of rotatable bonds is 3. The molecule has 2 saturated heterocycles. The lowest BCUT2D eigenvalue weighted by Gasteiger charge is -2.34. The summed E-state index contributed by atoms with van der Waals surface area (Å²) in [6.07, 6.45) is 1.74. The van der Waals surface area contributed by atoms with Crippen molar-refractivity contribution in [2.75, 3.05) is 26.3 Å². The molecule has 2 aliphatic rings. The van der Waals surface area contributed by atoms with Crippen molar-refractivity contribution >= 4 is 5.97 Å². The monoisotopic (exact) mass is 267 g/mol. The molecule has 1 aromatic rings. The Labute approximate surface area is 110 Å². The van der Waals surface area contributed by atoms with Crippen LogP contribution < -0.4 is 10.0 Å². The maximum atomic E-state index is 10.6. The minimum Gasteiger partial charge on any atom is -0.542 e. The molecule has 2 aliphatic heterocycles. The number of hydrogen-bond acceptors (Lipinski definition) is 5. The van der Waals surface area contributed by atoms with Crippen LogP contribution in [0.25, 0.3) is 0 Å². The van der Waals surface area contributed by atoms with E-state index in [1.807, 2.05) is 0 Å². The van der Waals surface area contributed by atoms with Crippen molar-refractivity contribution in [1.29, 1.82) is 0 Å². The van der Waals surface area contributed by atoms with Crippen LogP contribution in [0, 0.1) is 0 Å². The van der Waals surface area contributed by atoms with Crippen LogP contribution in [0.5, 0.6) is 0 Å². The first kappa shape index (κ1) is 12.7. The van der Waals surface area contributed by atoms with Gasteiger partial charge in [-0.2, -0.15) is 0 Å². The van der Waals surface area contributed by atoms with Crippen molar-refractivity contribution in [3.05, 3.63) is 23.7 Å². The maximum Gasteiger partial charge on any atom is 0.179 e. The second kappa shape index (κ2) is 4.96. The van der Waals surface area contributed by atoms with Crippen LogP contribution in [0.2, 0.25) is 0 Å². The summed E-state index contributed by atoms with van der Waals surface area (Å²) in [5, 5.41) is 10.6. The van der Waals surface area contributed by atoms with E-state index in [0.29, 0.717) is 25.5 Å². The zero-order chi connectivity index (χ0) is 13.3. The Morgan fingerprint density at radius 1 is 1.26 bits per heavy atom. The molecular formula is C13H17NO5. The molecular weight excluding hydrogens is 250 g/mol. The van der Waals surface area contributed by atoms with Crippen molar-refractivity contribution in [2.45, 2.75) is 25.2 Å². The highest BCUT2D eigenvalue weighted by molar-refractivity contribution is 5.82. The van der Waals surface area contributed by atoms with Gasteiger partial charge in [0.05, 0.1) is 39.1 Å². The summed E-state index contributed by atoms with van der Waals surface area (Å²) in [4.78, 5) is 12.0. The third-order valence-electron chi connectivity index (χ3n) is 3.82. The molecule has 104 valence electrons. The summed E-state index contributed by atoms with van der Waals surface area (Å²) in [5.41, 5.74) is 0. The topological polar surface area (TPSA) is 76.2 Å². The van der Waals surface area contributed by atoms with E-state index in [1.165, 1.54) is 11.0 Å². The fourth-order valence-corrected chi connectivity index (χ4v) is 2.78. The van der Waals surface area contributed by atoms with Gasteiger partial charge in [0.1, 0.15) is 18.3 Å². The lowest BCUT2D eigenvalue weighted by molar-refractivity contribution is -0.923. The Bertz CT molecular complexity index is 453. The summed E-state index contributed by atoms with van der Waals surface area (Å²) in [5.74, 6) is -1.06. The van der Waals surface area contributed by atoms with Crippen LogP contribution in [-0.4, -0.2) is 38.1 Å². The number of nitrogens with one attached hydrogen (secondary N) is 1. The van der Waals surface area contributed by atoms with Gasteiger partial charge in [-0.3, -0.25) is 0 Å². The summed E-state index contributed by atoms with van der Waals surface area (Å²) in [6.45, 7) is 3.91. The van der Waals surface area contributed by atoms with Crippen molar-refractivity contribution in [2.24, 2.45) is 0 Å². The minimum atomic E-state index is -1.27. The highest BCUT2D eigenvalue weighted by atomic mass is 16.7. The first-order valence-electron chi connectivity index (χ1n) is 6.58. The Morgan fingerprint density at radius 2 is 1.95 bits per heavy atom. The van der Waals surface area contributed by atoms with Gasteiger partial charge in [0.15, 0.2) is 11.5 Å². The molecule has 0 amide bonds. The predicted molar refractivity (Wildman–Crippen MR) is 61.3 cm³/mol. The predicted octanol–water partition coefficient (Wildman–Crippen LogP) is -1.44. The van der Waals surface area contributed by atoms with Gasteiger partial charge in [0.25, 0.3) is 0 Å². The highest BCUT2D eigenvalue weighted by Gasteiger charge is 2.41. The average molecular weight is 267 g/mol. The van der Waals surface area contributed by atoms with E-state index in [4.69, 9.17) is 13.9 Å². The van der Waals surface area contributed by atoms with Crippen molar-refractivity contribution < 1.29 is 28.7 Å². The fraction of sp³-hybridized carbons (Fsp3) is 0.615. The lowest BCUT2D eigenvalue weighted by Crippen LogP contribution is -3.12. The largest absolute Gasteiger partial charge is 0.542 e. The number of furan rings is 1. The molecule has 0 aromatic carbocycles. The zero-order valence-electron chi connectivity index (χ0n) is 10.6. The standard InChI is InChI=1S/C13H17NO5/c15-12(16)11-2-1-10(19-11)9-14-5-3-13(4-6-14)17-7-8-18-13/h1-2H,3-9H2,(H,15,16). The van der Waals surface area contributed by atoms with E-state index in [2.05, 4.69) is 0 Å². The molecule has 19 heavy (non-hydrogen) atoms. The minimum absolute atomic E-state index is 0.106. The number of aromatic carboxylic acids is 1. The maximum absolute atomic E-state index is 10.6. The highest BCUT2D eigenvalue weighted by Crippen LogP contribution is 2.27. The van der Waals surface area contributed by atoms with Gasteiger partial charge in [0.2, 0.25) is 0 Å². The number of quaternary nitrogens is 1. The van der Waals surface area contributed by atoms with Crippen LogP contribution in [-0.2, 0) is 16.0 Å². The first-order valence-corrected chi connectivity index (χ1v) is 6.58. The molecule has 1 N–H and O–H groups in total. The van der Waals surface area contributed by atoms with Crippen LogP contribution in [0.15, 0.2) is 16.5 Å². The first-order chi connectivity index (χ1) is 9.17. The average Bonchev–Trinajstić information content (AvgIpc) is 3.02. The molecule has 3 rings (SSSR count). The van der Waals surface area contributed by atoms with Crippen molar-refractivity contribution in [3.8, 4) is 0 Å². The van der Waals surface area contributed by atoms with E-state index >= 15 is 0 Å². The number of carboxylic acids is 1. The Hall–Kier alpha value is -1.37. The van der Waals surface area contributed by atoms with Gasteiger partial charge in [-0.15, -0.1) is 0 Å².